The second kappa shape index (κ2) is 12.3. The zero-order chi connectivity index (χ0) is 29.2. The molecule has 2 aliphatic rings. The summed E-state index contributed by atoms with van der Waals surface area (Å²) in [4.78, 5) is 0. The number of rotatable bonds is 10. The van der Waals surface area contributed by atoms with E-state index in [4.69, 9.17) is 18.8 Å². The van der Waals surface area contributed by atoms with Crippen LogP contribution in [0.3, 0.4) is 0 Å². The van der Waals surface area contributed by atoms with Gasteiger partial charge in [0.25, 0.3) is 0 Å². The average molecular weight is 560 g/mol. The molecule has 3 aromatic rings. The van der Waals surface area contributed by atoms with Gasteiger partial charge in [-0.05, 0) is 99.8 Å². The summed E-state index contributed by atoms with van der Waals surface area (Å²) in [6.45, 7) is 14.2. The van der Waals surface area contributed by atoms with Gasteiger partial charge in [-0.2, -0.15) is 4.39 Å². The van der Waals surface area contributed by atoms with Crippen LogP contribution >= 0.6 is 0 Å². The molecule has 41 heavy (non-hydrogen) atoms. The molecule has 1 atom stereocenters. The first-order valence-electron chi connectivity index (χ1n) is 14.8. The lowest BCUT2D eigenvalue weighted by molar-refractivity contribution is -0.0375. The van der Waals surface area contributed by atoms with Crippen molar-refractivity contribution in [3.63, 3.8) is 0 Å². The largest absolute Gasteiger partial charge is 0.492 e. The predicted octanol–water partition coefficient (Wildman–Crippen LogP) is 6.35. The van der Waals surface area contributed by atoms with Crippen LogP contribution in [0.5, 0.6) is 5.75 Å². The van der Waals surface area contributed by atoms with Gasteiger partial charge >= 0.3 is 7.12 Å². The Hall–Kier alpha value is -2.65. The summed E-state index contributed by atoms with van der Waals surface area (Å²) in [6, 6.07) is 13.9. The summed E-state index contributed by atoms with van der Waals surface area (Å²) in [5.41, 5.74) is 3.58. The van der Waals surface area contributed by atoms with E-state index in [0.717, 1.165) is 59.2 Å². The standard InChI is InChI=1S/C31H41B2FN3O4/c1-7-25(33-40-30(2,3)31(4,5)41-33)28(21-11-14-23(15-12-21)38-19-17-35-32-6)22-13-16-26-24(20-22)29(34)36-37(26)27-10-8-9-18-39-27/h11-16,20,27,35H,7-10,17-19H2,1-6H3/b28-25+. The average Bonchev–Trinajstić information content (AvgIpc) is 3.40. The van der Waals surface area contributed by atoms with Gasteiger partial charge in [-0.1, -0.05) is 31.9 Å². The Morgan fingerprint density at radius 3 is 2.44 bits per heavy atom. The van der Waals surface area contributed by atoms with Crippen molar-refractivity contribution in [1.29, 1.82) is 0 Å². The van der Waals surface area contributed by atoms with Gasteiger partial charge in [0, 0.05) is 13.2 Å². The monoisotopic (exact) mass is 560 g/mol. The molecule has 0 spiro atoms. The fraction of sp³-hybridized carbons (Fsp3) is 0.516. The van der Waals surface area contributed by atoms with E-state index < -0.39 is 24.3 Å². The number of allylic oxidation sites excluding steroid dienone is 1. The van der Waals surface area contributed by atoms with Gasteiger partial charge in [0.2, 0.25) is 13.4 Å². The van der Waals surface area contributed by atoms with Gasteiger partial charge in [0.1, 0.15) is 5.75 Å². The van der Waals surface area contributed by atoms with Crippen molar-refractivity contribution in [1.82, 2.24) is 15.0 Å². The van der Waals surface area contributed by atoms with Gasteiger partial charge in [0.15, 0.2) is 6.23 Å². The van der Waals surface area contributed by atoms with E-state index in [-0.39, 0.29) is 6.23 Å². The van der Waals surface area contributed by atoms with Gasteiger partial charge in [-0.15, -0.1) is 5.10 Å². The van der Waals surface area contributed by atoms with Crippen LogP contribution in [-0.4, -0.2) is 55.3 Å². The molecule has 2 aliphatic heterocycles. The second-order valence-corrected chi connectivity index (χ2v) is 11.7. The Morgan fingerprint density at radius 2 is 1.80 bits per heavy atom. The second-order valence-electron chi connectivity index (χ2n) is 11.7. The fourth-order valence-corrected chi connectivity index (χ4v) is 5.47. The molecule has 2 fully saturated rings. The van der Waals surface area contributed by atoms with Gasteiger partial charge < -0.3 is 24.0 Å². The molecule has 0 saturated carbocycles. The van der Waals surface area contributed by atoms with Crippen molar-refractivity contribution in [3.8, 4) is 5.75 Å². The van der Waals surface area contributed by atoms with Crippen LogP contribution in [0.4, 0.5) is 4.39 Å². The number of hydrogen-bond acceptors (Lipinski definition) is 6. The van der Waals surface area contributed by atoms with E-state index >= 15 is 4.39 Å². The SMILES string of the molecule is C[B]NCCOc1ccc(/C(=C(/CC)B2OC(C)(C)C(C)(C)O2)c2ccc3c(c2)c(F)nn3C2CCCCO2)cc1. The Morgan fingerprint density at radius 1 is 1.10 bits per heavy atom. The molecular formula is C31H41B2FN3O4. The first-order valence-corrected chi connectivity index (χ1v) is 14.8. The third kappa shape index (κ3) is 6.12. The van der Waals surface area contributed by atoms with Gasteiger partial charge in [-0.25, -0.2) is 4.68 Å². The molecule has 10 heteroatoms. The molecule has 0 bridgehead atoms. The number of nitrogens with one attached hydrogen (secondary N) is 1. The van der Waals surface area contributed by atoms with Gasteiger partial charge in [0.05, 0.1) is 28.7 Å². The number of halogens is 1. The molecule has 5 rings (SSSR count). The summed E-state index contributed by atoms with van der Waals surface area (Å²) in [5, 5.41) is 7.87. The molecule has 1 N–H and O–H groups in total. The highest BCUT2D eigenvalue weighted by atomic mass is 19.1. The maximum Gasteiger partial charge on any atom is 0.491 e. The number of nitrogens with zero attached hydrogens (tertiary/aromatic N) is 2. The minimum atomic E-state index is -0.536. The number of benzene rings is 2. The molecule has 0 aliphatic carbocycles. The highest BCUT2D eigenvalue weighted by molar-refractivity contribution is 6.56. The van der Waals surface area contributed by atoms with Crippen LogP contribution in [0.25, 0.3) is 16.5 Å². The molecule has 2 saturated heterocycles. The molecule has 1 unspecified atom stereocenters. The lowest BCUT2D eigenvalue weighted by Crippen LogP contribution is -2.41. The molecule has 1 aromatic heterocycles. The minimum absolute atomic E-state index is 0.245. The van der Waals surface area contributed by atoms with E-state index in [1.807, 2.05) is 56.7 Å². The smallest absolute Gasteiger partial charge is 0.491 e. The molecule has 1 radical (unpaired) electrons. The van der Waals surface area contributed by atoms with Crippen LogP contribution in [0.15, 0.2) is 47.9 Å². The highest BCUT2D eigenvalue weighted by Gasteiger charge is 2.52. The summed E-state index contributed by atoms with van der Waals surface area (Å²) < 4.78 is 41.9. The maximum absolute atomic E-state index is 15.3. The number of hydrogen-bond donors (Lipinski definition) is 1. The number of fused-ring (bicyclic) bond motifs is 1. The third-order valence-electron chi connectivity index (χ3n) is 8.48. The molecular weight excluding hydrogens is 519 g/mol. The zero-order valence-electron chi connectivity index (χ0n) is 25.1. The Labute approximate surface area is 244 Å². The van der Waals surface area contributed by atoms with Gasteiger partial charge in [-0.3, -0.25) is 0 Å². The molecule has 217 valence electrons. The first kappa shape index (κ1) is 29.8. The lowest BCUT2D eigenvalue weighted by Gasteiger charge is -2.32. The van der Waals surface area contributed by atoms with Crippen molar-refractivity contribution in [2.24, 2.45) is 0 Å². The summed E-state index contributed by atoms with van der Waals surface area (Å²) in [7, 11) is 1.36. The first-order chi connectivity index (χ1) is 19.6. The molecule has 0 amide bonds. The van der Waals surface area contributed by atoms with E-state index in [1.54, 1.807) is 4.68 Å². The van der Waals surface area contributed by atoms with E-state index in [2.05, 4.69) is 44.9 Å². The topological polar surface area (TPSA) is 66.8 Å². The number of ether oxygens (including phenoxy) is 2. The lowest BCUT2D eigenvalue weighted by atomic mass is 9.70. The fourth-order valence-electron chi connectivity index (χ4n) is 5.47. The van der Waals surface area contributed by atoms with Crippen LogP contribution in [0, 0.1) is 5.95 Å². The quantitative estimate of drug-likeness (QED) is 0.230. The van der Waals surface area contributed by atoms with Crippen molar-refractivity contribution in [3.05, 3.63) is 65.0 Å². The Bertz CT molecular complexity index is 1370. The van der Waals surface area contributed by atoms with Crippen LogP contribution in [-0.2, 0) is 14.0 Å². The summed E-state index contributed by atoms with van der Waals surface area (Å²) in [5.74, 6) is 0.292. The highest BCUT2D eigenvalue weighted by Crippen LogP contribution is 2.42. The van der Waals surface area contributed by atoms with E-state index in [0.29, 0.717) is 25.0 Å². The molecule has 3 heterocycles. The van der Waals surface area contributed by atoms with E-state index in [1.165, 1.54) is 0 Å². The summed E-state index contributed by atoms with van der Waals surface area (Å²) >= 11 is 0. The Balaban J connectivity index is 1.58. The van der Waals surface area contributed by atoms with Crippen molar-refractivity contribution in [2.45, 2.75) is 84.6 Å². The van der Waals surface area contributed by atoms with E-state index in [9.17, 15) is 0 Å². The summed E-state index contributed by atoms with van der Waals surface area (Å²) in [6.07, 6.45) is 3.34. The zero-order valence-corrected chi connectivity index (χ0v) is 25.1. The molecule has 2 aromatic carbocycles. The Kier molecular flexibility index (Phi) is 8.95. The third-order valence-corrected chi connectivity index (χ3v) is 8.48. The van der Waals surface area contributed by atoms with Crippen LogP contribution < -0.4 is 9.96 Å². The number of aromatic nitrogens is 2. The predicted molar refractivity (Wildman–Crippen MR) is 162 cm³/mol. The van der Waals surface area contributed by atoms with Crippen molar-refractivity contribution >= 4 is 31.0 Å². The normalized spacial score (nSPS) is 20.8. The minimum Gasteiger partial charge on any atom is -0.492 e. The van der Waals surface area contributed by atoms with Crippen LogP contribution in [0.1, 0.15) is 77.7 Å². The maximum atomic E-state index is 15.3. The van der Waals surface area contributed by atoms with Crippen molar-refractivity contribution < 1.29 is 23.2 Å². The van der Waals surface area contributed by atoms with Crippen molar-refractivity contribution in [2.75, 3.05) is 19.8 Å². The van der Waals surface area contributed by atoms with Crippen LogP contribution in [0.2, 0.25) is 6.82 Å². The molecule has 7 nitrogen and oxygen atoms in total.